The predicted octanol–water partition coefficient (Wildman–Crippen LogP) is 2.31. The highest BCUT2D eigenvalue weighted by Crippen LogP contribution is 2.01. The molecule has 0 bridgehead atoms. The molecule has 0 fully saturated rings. The largest absolute Gasteiger partial charge is 0.316 e. The molecule has 0 aliphatic rings. The lowest BCUT2D eigenvalue weighted by Gasteiger charge is -2.00. The Bertz CT molecular complexity index is 289. The van der Waals surface area contributed by atoms with Gasteiger partial charge in [-0.05, 0) is 45.0 Å². The number of aryl methyl sites for hydroxylation is 1. The van der Waals surface area contributed by atoms with Crippen LogP contribution in [0.4, 0.5) is 0 Å². The first-order chi connectivity index (χ1) is 7.38. The van der Waals surface area contributed by atoms with Crippen molar-refractivity contribution in [3.63, 3.8) is 0 Å². The highest BCUT2D eigenvalue weighted by molar-refractivity contribution is 5.44. The zero-order valence-electron chi connectivity index (χ0n) is 9.74. The summed E-state index contributed by atoms with van der Waals surface area (Å²) in [6.07, 6.45) is 8.47. The first kappa shape index (κ1) is 12.0. The molecule has 0 saturated carbocycles. The molecular weight excluding hydrogens is 186 g/mol. The van der Waals surface area contributed by atoms with Crippen molar-refractivity contribution in [3.05, 3.63) is 24.0 Å². The van der Waals surface area contributed by atoms with Crippen LogP contribution in [0.2, 0.25) is 0 Å². The van der Waals surface area contributed by atoms with Crippen LogP contribution in [-0.4, -0.2) is 22.9 Å². The van der Waals surface area contributed by atoms with Gasteiger partial charge in [0.15, 0.2) is 0 Å². The van der Waals surface area contributed by atoms with E-state index in [0.29, 0.717) is 0 Å². The van der Waals surface area contributed by atoms with Crippen molar-refractivity contribution in [2.75, 3.05) is 13.1 Å². The lowest BCUT2D eigenvalue weighted by atomic mass is 10.3. The molecule has 0 aliphatic heterocycles. The number of rotatable bonds is 7. The molecule has 3 nitrogen and oxygen atoms in total. The van der Waals surface area contributed by atoms with Gasteiger partial charge in [-0.1, -0.05) is 13.0 Å². The summed E-state index contributed by atoms with van der Waals surface area (Å²) in [5.41, 5.74) is 1.19. The van der Waals surface area contributed by atoms with E-state index in [1.54, 1.807) is 0 Å². The zero-order chi connectivity index (χ0) is 10.9. The van der Waals surface area contributed by atoms with Gasteiger partial charge in [0.2, 0.25) is 0 Å². The lowest BCUT2D eigenvalue weighted by molar-refractivity contribution is 0.653. The number of aromatic nitrogens is 2. The van der Waals surface area contributed by atoms with Crippen LogP contribution in [0.5, 0.6) is 0 Å². The third-order valence-electron chi connectivity index (χ3n) is 2.25. The maximum atomic E-state index is 4.21. The minimum absolute atomic E-state index is 0.931. The predicted molar refractivity (Wildman–Crippen MR) is 64.7 cm³/mol. The summed E-state index contributed by atoms with van der Waals surface area (Å²) >= 11 is 0. The molecule has 0 amide bonds. The second-order valence-electron chi connectivity index (χ2n) is 3.51. The van der Waals surface area contributed by atoms with Gasteiger partial charge in [-0.25, -0.2) is 0 Å². The molecule has 0 atom stereocenters. The van der Waals surface area contributed by atoms with E-state index in [1.807, 2.05) is 16.9 Å². The van der Waals surface area contributed by atoms with Crippen LogP contribution in [0.1, 0.15) is 32.4 Å². The van der Waals surface area contributed by atoms with Gasteiger partial charge >= 0.3 is 0 Å². The summed E-state index contributed by atoms with van der Waals surface area (Å²) in [7, 11) is 0. The Morgan fingerprint density at radius 3 is 3.00 bits per heavy atom. The van der Waals surface area contributed by atoms with E-state index < -0.39 is 0 Å². The van der Waals surface area contributed by atoms with E-state index in [0.717, 1.165) is 26.1 Å². The van der Waals surface area contributed by atoms with E-state index in [9.17, 15) is 0 Å². The Morgan fingerprint density at radius 1 is 1.40 bits per heavy atom. The van der Waals surface area contributed by atoms with Crippen LogP contribution in [-0.2, 0) is 6.54 Å². The van der Waals surface area contributed by atoms with Crippen molar-refractivity contribution in [2.45, 2.75) is 33.2 Å². The van der Waals surface area contributed by atoms with Crippen molar-refractivity contribution in [1.29, 1.82) is 0 Å². The van der Waals surface area contributed by atoms with Crippen LogP contribution in [0.25, 0.3) is 6.08 Å². The molecule has 3 heteroatoms. The van der Waals surface area contributed by atoms with E-state index >= 15 is 0 Å². The molecular formula is C12H21N3. The maximum Gasteiger partial charge on any atom is 0.0606 e. The number of hydrogen-bond acceptors (Lipinski definition) is 2. The van der Waals surface area contributed by atoms with Crippen molar-refractivity contribution in [1.82, 2.24) is 15.1 Å². The number of hydrogen-bond donors (Lipinski definition) is 1. The SMILES string of the molecule is CCCNCCC=Cc1ccnn1CC. The summed E-state index contributed by atoms with van der Waals surface area (Å²) in [4.78, 5) is 0. The average Bonchev–Trinajstić information content (AvgIpc) is 2.70. The van der Waals surface area contributed by atoms with Crippen molar-refractivity contribution in [2.24, 2.45) is 0 Å². The smallest absolute Gasteiger partial charge is 0.0606 e. The molecule has 1 rings (SSSR count). The summed E-state index contributed by atoms with van der Waals surface area (Å²) in [6, 6.07) is 2.04. The van der Waals surface area contributed by atoms with Gasteiger partial charge in [-0.3, -0.25) is 4.68 Å². The molecule has 0 aliphatic carbocycles. The third kappa shape index (κ3) is 4.30. The number of nitrogens with one attached hydrogen (secondary N) is 1. The summed E-state index contributed by atoms with van der Waals surface area (Å²) < 4.78 is 2.00. The molecule has 1 aromatic heterocycles. The van der Waals surface area contributed by atoms with E-state index in [-0.39, 0.29) is 0 Å². The molecule has 0 unspecified atom stereocenters. The van der Waals surface area contributed by atoms with Gasteiger partial charge in [0.1, 0.15) is 0 Å². The fraction of sp³-hybridized carbons (Fsp3) is 0.583. The molecule has 1 N–H and O–H groups in total. The molecule has 1 aromatic rings. The second-order valence-corrected chi connectivity index (χ2v) is 3.51. The Kier molecular flexibility index (Phi) is 5.78. The van der Waals surface area contributed by atoms with E-state index in [1.165, 1.54) is 12.1 Å². The first-order valence-electron chi connectivity index (χ1n) is 5.77. The van der Waals surface area contributed by atoms with Gasteiger partial charge in [0.25, 0.3) is 0 Å². The van der Waals surface area contributed by atoms with E-state index in [2.05, 4.69) is 36.4 Å². The molecule has 0 saturated heterocycles. The van der Waals surface area contributed by atoms with Crippen LogP contribution in [0.3, 0.4) is 0 Å². The molecule has 0 radical (unpaired) electrons. The van der Waals surface area contributed by atoms with Crippen molar-refractivity contribution >= 4 is 6.08 Å². The summed E-state index contributed by atoms with van der Waals surface area (Å²) in [5.74, 6) is 0. The normalized spacial score (nSPS) is 11.3. The topological polar surface area (TPSA) is 29.9 Å². The first-order valence-corrected chi connectivity index (χ1v) is 5.77. The lowest BCUT2D eigenvalue weighted by Crippen LogP contribution is -2.15. The maximum absolute atomic E-state index is 4.21. The summed E-state index contributed by atoms with van der Waals surface area (Å²) in [6.45, 7) is 7.39. The minimum Gasteiger partial charge on any atom is -0.316 e. The Morgan fingerprint density at radius 2 is 2.27 bits per heavy atom. The van der Waals surface area contributed by atoms with Gasteiger partial charge in [-0.2, -0.15) is 5.10 Å². The molecule has 0 spiro atoms. The van der Waals surface area contributed by atoms with Crippen LogP contribution in [0, 0.1) is 0 Å². The fourth-order valence-corrected chi connectivity index (χ4v) is 1.44. The van der Waals surface area contributed by atoms with Gasteiger partial charge < -0.3 is 5.32 Å². The Labute approximate surface area is 92.2 Å². The molecule has 0 aromatic carbocycles. The highest BCUT2D eigenvalue weighted by Gasteiger charge is 1.93. The molecule has 15 heavy (non-hydrogen) atoms. The Balaban J connectivity index is 2.25. The Hall–Kier alpha value is -1.09. The van der Waals surface area contributed by atoms with Crippen molar-refractivity contribution in [3.8, 4) is 0 Å². The van der Waals surface area contributed by atoms with Gasteiger partial charge in [0.05, 0.1) is 5.69 Å². The average molecular weight is 207 g/mol. The minimum atomic E-state index is 0.931. The van der Waals surface area contributed by atoms with Crippen LogP contribution in [0.15, 0.2) is 18.3 Å². The van der Waals surface area contributed by atoms with Crippen LogP contribution >= 0.6 is 0 Å². The van der Waals surface area contributed by atoms with Gasteiger partial charge in [0, 0.05) is 12.7 Å². The zero-order valence-corrected chi connectivity index (χ0v) is 9.74. The summed E-state index contributed by atoms with van der Waals surface area (Å²) in [5, 5.41) is 7.58. The van der Waals surface area contributed by atoms with Crippen LogP contribution < -0.4 is 5.32 Å². The monoisotopic (exact) mass is 207 g/mol. The standard InChI is InChI=1S/C12H21N3/c1-3-9-13-10-6-5-7-12-8-11-14-15(12)4-2/h5,7-8,11,13H,3-4,6,9-10H2,1-2H3. The highest BCUT2D eigenvalue weighted by atomic mass is 15.3. The van der Waals surface area contributed by atoms with Crippen molar-refractivity contribution < 1.29 is 0 Å². The second kappa shape index (κ2) is 7.23. The van der Waals surface area contributed by atoms with E-state index in [4.69, 9.17) is 0 Å². The molecule has 1 heterocycles. The molecule has 84 valence electrons. The quantitative estimate of drug-likeness (QED) is 0.695. The third-order valence-corrected chi connectivity index (χ3v) is 2.25. The fourth-order valence-electron chi connectivity index (χ4n) is 1.44. The van der Waals surface area contributed by atoms with Gasteiger partial charge in [-0.15, -0.1) is 0 Å². The number of nitrogens with zero attached hydrogens (tertiary/aromatic N) is 2.